The predicted molar refractivity (Wildman–Crippen MR) is 86.6 cm³/mol. The van der Waals surface area contributed by atoms with E-state index >= 15 is 0 Å². The molecule has 0 spiro atoms. The topological polar surface area (TPSA) is 47.4 Å². The Morgan fingerprint density at radius 1 is 1.45 bits per heavy atom. The molecule has 1 aliphatic heterocycles. The number of hydrogen-bond acceptors (Lipinski definition) is 3. The number of carbonyl (C=O) groups is 1. The average Bonchev–Trinajstić information content (AvgIpc) is 2.89. The molecule has 0 aromatic carbocycles. The molecule has 124 valence electrons. The highest BCUT2D eigenvalue weighted by Gasteiger charge is 2.31. The average molecular weight is 307 g/mol. The number of morpholine rings is 1. The molecular weight excluding hydrogens is 278 g/mol. The normalized spacial score (nSPS) is 22.3. The first-order valence-corrected chi connectivity index (χ1v) is 8.42. The number of aromatic nitrogens is 2. The molecule has 1 fully saturated rings. The van der Waals surface area contributed by atoms with Gasteiger partial charge in [-0.25, -0.2) is 0 Å². The van der Waals surface area contributed by atoms with E-state index in [2.05, 4.69) is 25.9 Å². The van der Waals surface area contributed by atoms with Crippen LogP contribution in [0.5, 0.6) is 0 Å². The first kappa shape index (κ1) is 17.0. The molecule has 0 bridgehead atoms. The van der Waals surface area contributed by atoms with Crippen molar-refractivity contribution in [2.45, 2.75) is 65.7 Å². The SMILES string of the molecule is CCCC[C@@H]1CN(C(=O)Cn2cc(C)cn2)C[C@H](C(C)C)O1. The summed E-state index contributed by atoms with van der Waals surface area (Å²) in [4.78, 5) is 14.5. The third kappa shape index (κ3) is 4.57. The van der Waals surface area contributed by atoms with Gasteiger partial charge >= 0.3 is 0 Å². The minimum Gasteiger partial charge on any atom is -0.371 e. The first-order valence-electron chi connectivity index (χ1n) is 8.42. The number of rotatable bonds is 6. The zero-order valence-electron chi connectivity index (χ0n) is 14.3. The van der Waals surface area contributed by atoms with Crippen LogP contribution in [0.2, 0.25) is 0 Å². The maximum absolute atomic E-state index is 12.6. The quantitative estimate of drug-likeness (QED) is 0.811. The van der Waals surface area contributed by atoms with E-state index in [0.29, 0.717) is 25.6 Å². The van der Waals surface area contributed by atoms with Gasteiger partial charge in [0.2, 0.25) is 5.91 Å². The van der Waals surface area contributed by atoms with Crippen molar-refractivity contribution in [1.82, 2.24) is 14.7 Å². The Hall–Kier alpha value is -1.36. The standard InChI is InChI=1S/C17H29N3O2/c1-5-6-7-15-10-19(11-16(22-15)13(2)3)17(21)12-20-9-14(4)8-18-20/h8-9,13,15-16H,5-7,10-12H2,1-4H3/t15-,16-/m1/s1. The summed E-state index contributed by atoms with van der Waals surface area (Å²) in [6.07, 6.45) is 7.34. The van der Waals surface area contributed by atoms with E-state index in [1.54, 1.807) is 10.9 Å². The molecule has 0 saturated carbocycles. The Bertz CT molecular complexity index is 484. The highest BCUT2D eigenvalue weighted by molar-refractivity contribution is 5.76. The van der Waals surface area contributed by atoms with Crippen LogP contribution in [-0.2, 0) is 16.1 Å². The second kappa shape index (κ2) is 7.77. The van der Waals surface area contributed by atoms with E-state index in [4.69, 9.17) is 4.74 Å². The lowest BCUT2D eigenvalue weighted by atomic mass is 10.0. The van der Waals surface area contributed by atoms with Crippen molar-refractivity contribution in [3.8, 4) is 0 Å². The Balaban J connectivity index is 1.98. The molecule has 22 heavy (non-hydrogen) atoms. The second-order valence-corrected chi connectivity index (χ2v) is 6.70. The number of aryl methyl sites for hydroxylation is 1. The van der Waals surface area contributed by atoms with Crippen LogP contribution >= 0.6 is 0 Å². The van der Waals surface area contributed by atoms with Crippen molar-refractivity contribution in [3.05, 3.63) is 18.0 Å². The summed E-state index contributed by atoms with van der Waals surface area (Å²) in [6, 6.07) is 0. The van der Waals surface area contributed by atoms with Gasteiger partial charge in [-0.2, -0.15) is 5.10 Å². The number of nitrogens with zero attached hydrogens (tertiary/aromatic N) is 3. The number of amides is 1. The van der Waals surface area contributed by atoms with Gasteiger partial charge in [0, 0.05) is 19.3 Å². The molecule has 0 aliphatic carbocycles. The van der Waals surface area contributed by atoms with Crippen molar-refractivity contribution in [2.75, 3.05) is 13.1 Å². The zero-order chi connectivity index (χ0) is 16.1. The number of hydrogen-bond donors (Lipinski definition) is 0. The van der Waals surface area contributed by atoms with E-state index in [-0.39, 0.29) is 18.1 Å². The Morgan fingerprint density at radius 3 is 2.82 bits per heavy atom. The Labute approximate surface area is 133 Å². The highest BCUT2D eigenvalue weighted by atomic mass is 16.5. The Kier molecular flexibility index (Phi) is 6.00. The molecule has 0 radical (unpaired) electrons. The molecular formula is C17H29N3O2. The summed E-state index contributed by atoms with van der Waals surface area (Å²) < 4.78 is 7.89. The van der Waals surface area contributed by atoms with Gasteiger partial charge in [0.25, 0.3) is 0 Å². The number of carbonyl (C=O) groups excluding carboxylic acids is 1. The van der Waals surface area contributed by atoms with Crippen LogP contribution in [0.15, 0.2) is 12.4 Å². The molecule has 2 heterocycles. The minimum atomic E-state index is 0.138. The molecule has 1 amide bonds. The van der Waals surface area contributed by atoms with Gasteiger partial charge in [-0.15, -0.1) is 0 Å². The third-order valence-corrected chi connectivity index (χ3v) is 4.23. The van der Waals surface area contributed by atoms with Crippen molar-refractivity contribution >= 4 is 5.91 Å². The van der Waals surface area contributed by atoms with Crippen LogP contribution in [0, 0.1) is 12.8 Å². The van der Waals surface area contributed by atoms with Crippen LogP contribution < -0.4 is 0 Å². The lowest BCUT2D eigenvalue weighted by molar-refractivity contribution is -0.150. The third-order valence-electron chi connectivity index (χ3n) is 4.23. The van der Waals surface area contributed by atoms with Crippen molar-refractivity contribution in [2.24, 2.45) is 5.92 Å². The van der Waals surface area contributed by atoms with E-state index in [1.165, 1.54) is 0 Å². The Morgan fingerprint density at radius 2 is 2.23 bits per heavy atom. The van der Waals surface area contributed by atoms with E-state index in [9.17, 15) is 4.79 Å². The van der Waals surface area contributed by atoms with Crippen LogP contribution in [0.3, 0.4) is 0 Å². The van der Waals surface area contributed by atoms with E-state index in [1.807, 2.05) is 18.0 Å². The van der Waals surface area contributed by atoms with Gasteiger partial charge in [0.05, 0.1) is 18.4 Å². The number of unbranched alkanes of at least 4 members (excludes halogenated alkanes) is 1. The smallest absolute Gasteiger partial charge is 0.244 e. The van der Waals surface area contributed by atoms with Crippen LogP contribution in [0.4, 0.5) is 0 Å². The highest BCUT2D eigenvalue weighted by Crippen LogP contribution is 2.21. The van der Waals surface area contributed by atoms with Gasteiger partial charge in [-0.05, 0) is 24.8 Å². The molecule has 2 rings (SSSR count). The second-order valence-electron chi connectivity index (χ2n) is 6.70. The summed E-state index contributed by atoms with van der Waals surface area (Å²) in [7, 11) is 0. The van der Waals surface area contributed by atoms with E-state index in [0.717, 1.165) is 24.8 Å². The lowest BCUT2D eigenvalue weighted by Gasteiger charge is -2.40. The molecule has 0 N–H and O–H groups in total. The summed E-state index contributed by atoms with van der Waals surface area (Å²) in [5, 5.41) is 4.21. The molecule has 0 unspecified atom stereocenters. The largest absolute Gasteiger partial charge is 0.371 e. The fourth-order valence-corrected chi connectivity index (χ4v) is 2.83. The lowest BCUT2D eigenvalue weighted by Crippen LogP contribution is -2.52. The summed E-state index contributed by atoms with van der Waals surface area (Å²) >= 11 is 0. The van der Waals surface area contributed by atoms with Gasteiger partial charge < -0.3 is 9.64 Å². The number of ether oxygens (including phenoxy) is 1. The summed E-state index contributed by atoms with van der Waals surface area (Å²) in [5.41, 5.74) is 1.08. The van der Waals surface area contributed by atoms with Gasteiger partial charge in [0.15, 0.2) is 0 Å². The first-order chi connectivity index (χ1) is 10.5. The van der Waals surface area contributed by atoms with Crippen molar-refractivity contribution < 1.29 is 9.53 Å². The molecule has 2 atom stereocenters. The maximum Gasteiger partial charge on any atom is 0.244 e. The van der Waals surface area contributed by atoms with E-state index < -0.39 is 0 Å². The van der Waals surface area contributed by atoms with Crippen molar-refractivity contribution in [3.63, 3.8) is 0 Å². The maximum atomic E-state index is 12.6. The fourth-order valence-electron chi connectivity index (χ4n) is 2.83. The van der Waals surface area contributed by atoms with Crippen LogP contribution in [-0.4, -0.2) is 45.9 Å². The molecule has 5 nitrogen and oxygen atoms in total. The predicted octanol–water partition coefficient (Wildman–Crippen LogP) is 2.63. The molecule has 5 heteroatoms. The van der Waals surface area contributed by atoms with Crippen molar-refractivity contribution in [1.29, 1.82) is 0 Å². The minimum absolute atomic E-state index is 0.138. The zero-order valence-corrected chi connectivity index (χ0v) is 14.3. The molecule has 1 aromatic heterocycles. The van der Waals surface area contributed by atoms with Gasteiger partial charge in [0.1, 0.15) is 6.54 Å². The van der Waals surface area contributed by atoms with Crippen LogP contribution in [0.1, 0.15) is 45.6 Å². The molecule has 1 saturated heterocycles. The van der Waals surface area contributed by atoms with Gasteiger partial charge in [-0.1, -0.05) is 33.6 Å². The fraction of sp³-hybridized carbons (Fsp3) is 0.765. The monoisotopic (exact) mass is 307 g/mol. The molecule has 1 aliphatic rings. The van der Waals surface area contributed by atoms with Gasteiger partial charge in [-0.3, -0.25) is 9.48 Å². The summed E-state index contributed by atoms with van der Waals surface area (Å²) in [6.45, 7) is 10.2. The summed E-state index contributed by atoms with van der Waals surface area (Å²) in [5.74, 6) is 0.560. The molecule has 1 aromatic rings. The van der Waals surface area contributed by atoms with Crippen LogP contribution in [0.25, 0.3) is 0 Å².